The van der Waals surface area contributed by atoms with Crippen LogP contribution >= 0.6 is 0 Å². The summed E-state index contributed by atoms with van der Waals surface area (Å²) in [5, 5.41) is 0. The van der Waals surface area contributed by atoms with Crippen molar-refractivity contribution < 1.29 is 13.0 Å². The van der Waals surface area contributed by atoms with Crippen molar-refractivity contribution in [3.05, 3.63) is 0 Å². The molecule has 0 fully saturated rings. The van der Waals surface area contributed by atoms with E-state index in [9.17, 15) is 8.42 Å². The number of hydrogen-bond donors (Lipinski definition) is 1. The predicted molar refractivity (Wildman–Crippen MR) is 53.4 cm³/mol. The molecule has 5 heteroatoms. The number of unbranched alkanes of at least 4 members (excludes halogenated alkanes) is 1. The molecule has 0 amide bonds. The van der Waals surface area contributed by atoms with Gasteiger partial charge in [0.25, 0.3) is 10.1 Å². The van der Waals surface area contributed by atoms with Gasteiger partial charge in [-0.1, -0.05) is 13.8 Å². The zero-order valence-electron chi connectivity index (χ0n) is 8.36. The summed E-state index contributed by atoms with van der Waals surface area (Å²) in [6, 6.07) is 0. The van der Waals surface area contributed by atoms with Gasteiger partial charge in [-0.15, -0.1) is 0 Å². The lowest BCUT2D eigenvalue weighted by Gasteiger charge is -2.17. The Morgan fingerprint density at radius 1 is 1.15 bits per heavy atom. The molecule has 0 heterocycles. The van der Waals surface area contributed by atoms with Crippen molar-refractivity contribution in [2.45, 2.75) is 26.7 Å². The third-order valence-electron chi connectivity index (χ3n) is 2.02. The van der Waals surface area contributed by atoms with Crippen LogP contribution in [-0.2, 0) is 10.1 Å². The summed E-state index contributed by atoms with van der Waals surface area (Å²) in [6.07, 6.45) is 1.36. The van der Waals surface area contributed by atoms with Gasteiger partial charge in [0.2, 0.25) is 0 Å². The number of nitrogens with zero attached hydrogens (tertiary/aromatic N) is 1. The molecule has 0 saturated carbocycles. The fraction of sp³-hybridized carbons (Fsp3) is 1.00. The topological polar surface area (TPSA) is 57.6 Å². The Balaban J connectivity index is 3.45. The molecule has 0 atom stereocenters. The quantitative estimate of drug-likeness (QED) is 0.502. The van der Waals surface area contributed by atoms with Gasteiger partial charge in [0.05, 0.1) is 5.75 Å². The maximum absolute atomic E-state index is 10.4. The van der Waals surface area contributed by atoms with E-state index in [1.165, 1.54) is 0 Å². The Labute approximate surface area is 80.7 Å². The number of hydrogen-bond acceptors (Lipinski definition) is 3. The van der Waals surface area contributed by atoms with Crippen molar-refractivity contribution in [2.75, 3.05) is 25.4 Å². The van der Waals surface area contributed by atoms with E-state index in [1.54, 1.807) is 0 Å². The van der Waals surface area contributed by atoms with Gasteiger partial charge >= 0.3 is 0 Å². The van der Waals surface area contributed by atoms with Crippen molar-refractivity contribution in [2.24, 2.45) is 0 Å². The van der Waals surface area contributed by atoms with Crippen LogP contribution in [0.25, 0.3) is 0 Å². The Bertz CT molecular complexity index is 209. The summed E-state index contributed by atoms with van der Waals surface area (Å²) in [4.78, 5) is 2.23. The molecule has 0 unspecified atom stereocenters. The first-order valence-corrected chi connectivity index (χ1v) is 6.28. The summed E-state index contributed by atoms with van der Waals surface area (Å²) in [5.74, 6) is -0.117. The van der Waals surface area contributed by atoms with E-state index in [0.717, 1.165) is 26.1 Å². The largest absolute Gasteiger partial charge is 0.304 e. The van der Waals surface area contributed by atoms with E-state index in [4.69, 9.17) is 4.55 Å². The van der Waals surface area contributed by atoms with Crippen LogP contribution in [0, 0.1) is 0 Å². The van der Waals surface area contributed by atoms with Crippen LogP contribution < -0.4 is 0 Å². The van der Waals surface area contributed by atoms with Gasteiger partial charge in [-0.3, -0.25) is 4.55 Å². The standard InChI is InChI=1S/C8H19NO3S/c1-3-9(4-2)7-5-6-8-13(10,11)12/h3-8H2,1-2H3,(H,10,11,12). The van der Waals surface area contributed by atoms with E-state index in [0.29, 0.717) is 6.42 Å². The monoisotopic (exact) mass is 209 g/mol. The van der Waals surface area contributed by atoms with Crippen molar-refractivity contribution in [1.82, 2.24) is 4.90 Å². The van der Waals surface area contributed by atoms with Gasteiger partial charge in [0.15, 0.2) is 0 Å². The Kier molecular flexibility index (Phi) is 6.28. The first-order chi connectivity index (χ1) is 5.99. The third kappa shape index (κ3) is 8.21. The Morgan fingerprint density at radius 2 is 1.69 bits per heavy atom. The molecule has 0 bridgehead atoms. The van der Waals surface area contributed by atoms with Crippen LogP contribution in [-0.4, -0.2) is 43.3 Å². The number of rotatable bonds is 7. The first-order valence-electron chi connectivity index (χ1n) is 4.67. The van der Waals surface area contributed by atoms with Crippen molar-refractivity contribution in [3.8, 4) is 0 Å². The van der Waals surface area contributed by atoms with Gasteiger partial charge in [-0.25, -0.2) is 0 Å². The molecule has 0 aromatic heterocycles. The van der Waals surface area contributed by atoms with Crippen LogP contribution in [0.5, 0.6) is 0 Å². The fourth-order valence-electron chi connectivity index (χ4n) is 1.16. The lowest BCUT2D eigenvalue weighted by Crippen LogP contribution is -2.24. The SMILES string of the molecule is CCN(CC)CCCCS(=O)(=O)O. The van der Waals surface area contributed by atoms with Gasteiger partial charge < -0.3 is 4.90 Å². The van der Waals surface area contributed by atoms with Crippen molar-refractivity contribution in [1.29, 1.82) is 0 Å². The highest BCUT2D eigenvalue weighted by Gasteiger charge is 2.04. The highest BCUT2D eigenvalue weighted by Crippen LogP contribution is 1.97. The summed E-state index contributed by atoms with van der Waals surface area (Å²) < 4.78 is 29.2. The van der Waals surface area contributed by atoms with Crippen molar-refractivity contribution >= 4 is 10.1 Å². The van der Waals surface area contributed by atoms with Gasteiger partial charge in [0.1, 0.15) is 0 Å². The highest BCUT2D eigenvalue weighted by atomic mass is 32.2. The van der Waals surface area contributed by atoms with E-state index >= 15 is 0 Å². The molecule has 0 aliphatic heterocycles. The van der Waals surface area contributed by atoms with Crippen LogP contribution in [0.15, 0.2) is 0 Å². The van der Waals surface area contributed by atoms with E-state index in [-0.39, 0.29) is 5.75 Å². The lowest BCUT2D eigenvalue weighted by atomic mass is 10.3. The normalized spacial score (nSPS) is 12.3. The first kappa shape index (κ1) is 12.9. The Hall–Kier alpha value is -0.130. The van der Waals surface area contributed by atoms with Gasteiger partial charge in [0, 0.05) is 0 Å². The molecule has 1 N–H and O–H groups in total. The van der Waals surface area contributed by atoms with Crippen LogP contribution in [0.1, 0.15) is 26.7 Å². The summed E-state index contributed by atoms with van der Waals surface area (Å²) in [5.41, 5.74) is 0. The molecule has 0 spiro atoms. The van der Waals surface area contributed by atoms with Crippen LogP contribution in [0.4, 0.5) is 0 Å². The lowest BCUT2D eigenvalue weighted by molar-refractivity contribution is 0.298. The highest BCUT2D eigenvalue weighted by molar-refractivity contribution is 7.85. The molecular formula is C8H19NO3S. The minimum absolute atomic E-state index is 0.117. The molecule has 0 aromatic carbocycles. The fourth-order valence-corrected chi connectivity index (χ4v) is 1.73. The summed E-state index contributed by atoms with van der Waals surface area (Å²) >= 11 is 0. The van der Waals surface area contributed by atoms with Gasteiger partial charge in [-0.2, -0.15) is 8.42 Å². The van der Waals surface area contributed by atoms with E-state index in [1.807, 2.05) is 0 Å². The molecule has 13 heavy (non-hydrogen) atoms. The molecule has 0 radical (unpaired) electrons. The Morgan fingerprint density at radius 3 is 2.08 bits per heavy atom. The maximum Gasteiger partial charge on any atom is 0.264 e. The van der Waals surface area contributed by atoms with Crippen LogP contribution in [0.2, 0.25) is 0 Å². The molecule has 0 aliphatic carbocycles. The molecule has 4 nitrogen and oxygen atoms in total. The zero-order valence-corrected chi connectivity index (χ0v) is 9.18. The smallest absolute Gasteiger partial charge is 0.264 e. The van der Waals surface area contributed by atoms with E-state index < -0.39 is 10.1 Å². The minimum Gasteiger partial charge on any atom is -0.304 e. The second kappa shape index (κ2) is 6.34. The molecule has 0 saturated heterocycles. The average molecular weight is 209 g/mol. The third-order valence-corrected chi connectivity index (χ3v) is 2.83. The zero-order chi connectivity index (χ0) is 10.3. The average Bonchev–Trinajstić information content (AvgIpc) is 2.03. The predicted octanol–water partition coefficient (Wildman–Crippen LogP) is 0.996. The molecular weight excluding hydrogens is 190 g/mol. The molecule has 80 valence electrons. The summed E-state index contributed by atoms with van der Waals surface area (Å²) in [6.45, 7) is 7.03. The molecule has 0 aliphatic rings. The molecule has 0 aromatic rings. The molecule has 0 rings (SSSR count). The summed E-state index contributed by atoms with van der Waals surface area (Å²) in [7, 11) is -3.75. The second-order valence-electron chi connectivity index (χ2n) is 3.02. The second-order valence-corrected chi connectivity index (χ2v) is 4.59. The van der Waals surface area contributed by atoms with Crippen molar-refractivity contribution in [3.63, 3.8) is 0 Å². The minimum atomic E-state index is -3.75. The van der Waals surface area contributed by atoms with E-state index in [2.05, 4.69) is 18.7 Å². The maximum atomic E-state index is 10.4. The van der Waals surface area contributed by atoms with Crippen LogP contribution in [0.3, 0.4) is 0 Å². The van der Waals surface area contributed by atoms with Gasteiger partial charge in [-0.05, 0) is 32.5 Å².